The molecule has 15 heavy (non-hydrogen) atoms. The molecule has 1 heterocycles. The summed E-state index contributed by atoms with van der Waals surface area (Å²) in [6.45, 7) is 3.42. The third kappa shape index (κ3) is 2.59. The number of hydrogen-bond donors (Lipinski definition) is 0. The van der Waals surface area contributed by atoms with Gasteiger partial charge in [0.1, 0.15) is 5.69 Å². The van der Waals surface area contributed by atoms with Crippen LogP contribution in [-0.4, -0.2) is 31.4 Å². The Morgan fingerprint density at radius 3 is 2.67 bits per heavy atom. The van der Waals surface area contributed by atoms with Crippen LogP contribution >= 0.6 is 0 Å². The lowest BCUT2D eigenvalue weighted by Crippen LogP contribution is -2.12. The predicted molar refractivity (Wildman–Crippen MR) is 57.0 cm³/mol. The highest BCUT2D eigenvalue weighted by atomic mass is 16.5. The van der Waals surface area contributed by atoms with Crippen molar-refractivity contribution >= 4 is 5.97 Å². The fourth-order valence-electron chi connectivity index (χ4n) is 1.59. The van der Waals surface area contributed by atoms with Crippen LogP contribution < -0.4 is 0 Å². The van der Waals surface area contributed by atoms with Crippen molar-refractivity contribution in [3.8, 4) is 0 Å². The lowest BCUT2D eigenvalue weighted by atomic mass is 10.3. The molecule has 4 heteroatoms. The van der Waals surface area contributed by atoms with Gasteiger partial charge in [-0.25, -0.2) is 4.79 Å². The van der Waals surface area contributed by atoms with E-state index >= 15 is 0 Å². The number of hydrogen-bond acceptors (Lipinski definition) is 3. The average molecular weight is 211 g/mol. The van der Waals surface area contributed by atoms with Crippen LogP contribution in [-0.2, 0) is 22.4 Å². The summed E-state index contributed by atoms with van der Waals surface area (Å²) < 4.78 is 11.7. The van der Waals surface area contributed by atoms with E-state index < -0.39 is 0 Å². The second-order valence-electron chi connectivity index (χ2n) is 3.19. The van der Waals surface area contributed by atoms with Gasteiger partial charge in [0.05, 0.1) is 13.7 Å². The van der Waals surface area contributed by atoms with Crippen LogP contribution in [0, 0.1) is 0 Å². The fourth-order valence-corrected chi connectivity index (χ4v) is 1.59. The van der Waals surface area contributed by atoms with Crippen LogP contribution in [0.4, 0.5) is 0 Å². The average Bonchev–Trinajstić information content (AvgIpc) is 2.67. The molecule has 1 rings (SSSR count). The van der Waals surface area contributed by atoms with Crippen LogP contribution in [0.15, 0.2) is 12.1 Å². The van der Waals surface area contributed by atoms with Crippen LogP contribution in [0.2, 0.25) is 0 Å². The summed E-state index contributed by atoms with van der Waals surface area (Å²) in [6, 6.07) is 3.73. The number of esters is 1. The minimum Gasteiger partial charge on any atom is -0.464 e. The molecule has 0 fully saturated rings. The van der Waals surface area contributed by atoms with Gasteiger partial charge >= 0.3 is 5.97 Å². The molecule has 0 atom stereocenters. The molecule has 4 nitrogen and oxygen atoms in total. The van der Waals surface area contributed by atoms with Gasteiger partial charge in [0.15, 0.2) is 0 Å². The number of aromatic nitrogens is 1. The molecule has 0 aromatic carbocycles. The van der Waals surface area contributed by atoms with Gasteiger partial charge in [-0.15, -0.1) is 0 Å². The largest absolute Gasteiger partial charge is 0.464 e. The maximum absolute atomic E-state index is 11.4. The zero-order chi connectivity index (χ0) is 11.3. The molecule has 84 valence electrons. The molecule has 0 aliphatic carbocycles. The zero-order valence-electron chi connectivity index (χ0n) is 9.45. The van der Waals surface area contributed by atoms with Crippen LogP contribution in [0.25, 0.3) is 0 Å². The molecule has 0 spiro atoms. The lowest BCUT2D eigenvalue weighted by molar-refractivity contribution is 0.0588. The first kappa shape index (κ1) is 11.8. The Morgan fingerprint density at radius 1 is 1.40 bits per heavy atom. The van der Waals surface area contributed by atoms with Crippen LogP contribution in [0.3, 0.4) is 0 Å². The number of nitrogens with zero attached hydrogens (tertiary/aromatic N) is 1. The Bertz CT molecular complexity index is 331. The standard InChI is InChI=1S/C11H17NO3/c1-4-12-9(7-8-14-2)5-6-10(12)11(13)15-3/h5-6H,4,7-8H2,1-3H3. The predicted octanol–water partition coefficient (Wildman–Crippen LogP) is 1.48. The minimum absolute atomic E-state index is 0.291. The van der Waals surface area contributed by atoms with Gasteiger partial charge in [0, 0.05) is 25.8 Å². The van der Waals surface area contributed by atoms with E-state index in [0.717, 1.165) is 18.7 Å². The molecule has 0 unspecified atom stereocenters. The van der Waals surface area contributed by atoms with Crippen LogP contribution in [0.1, 0.15) is 23.1 Å². The van der Waals surface area contributed by atoms with Crippen molar-refractivity contribution in [2.24, 2.45) is 0 Å². The summed E-state index contributed by atoms with van der Waals surface area (Å²) in [5.74, 6) is -0.291. The maximum atomic E-state index is 11.4. The molecule has 0 amide bonds. The molecule has 0 N–H and O–H groups in total. The first-order valence-electron chi connectivity index (χ1n) is 5.00. The molecule has 0 aliphatic rings. The second-order valence-corrected chi connectivity index (χ2v) is 3.19. The van der Waals surface area contributed by atoms with E-state index in [4.69, 9.17) is 9.47 Å². The quantitative estimate of drug-likeness (QED) is 0.693. The first-order valence-corrected chi connectivity index (χ1v) is 5.00. The van der Waals surface area contributed by atoms with Crippen molar-refractivity contribution in [3.05, 3.63) is 23.5 Å². The van der Waals surface area contributed by atoms with Gasteiger partial charge in [-0.2, -0.15) is 0 Å². The number of rotatable bonds is 5. The molecule has 0 bridgehead atoms. The maximum Gasteiger partial charge on any atom is 0.354 e. The van der Waals surface area contributed by atoms with Gasteiger partial charge in [-0.3, -0.25) is 0 Å². The highest BCUT2D eigenvalue weighted by molar-refractivity contribution is 5.87. The zero-order valence-corrected chi connectivity index (χ0v) is 9.45. The van der Waals surface area contributed by atoms with Crippen molar-refractivity contribution in [2.75, 3.05) is 20.8 Å². The third-order valence-electron chi connectivity index (χ3n) is 2.34. The summed E-state index contributed by atoms with van der Waals surface area (Å²) in [4.78, 5) is 11.4. The lowest BCUT2D eigenvalue weighted by Gasteiger charge is -2.09. The number of carbonyl (C=O) groups excluding carboxylic acids is 1. The van der Waals surface area contributed by atoms with E-state index in [-0.39, 0.29) is 5.97 Å². The van der Waals surface area contributed by atoms with Crippen molar-refractivity contribution in [1.82, 2.24) is 4.57 Å². The Hall–Kier alpha value is -1.29. The van der Waals surface area contributed by atoms with Crippen molar-refractivity contribution in [3.63, 3.8) is 0 Å². The van der Waals surface area contributed by atoms with E-state index in [2.05, 4.69) is 0 Å². The summed E-state index contributed by atoms with van der Waals surface area (Å²) in [7, 11) is 3.06. The normalized spacial score (nSPS) is 10.3. The highest BCUT2D eigenvalue weighted by Gasteiger charge is 2.13. The first-order chi connectivity index (χ1) is 7.24. The third-order valence-corrected chi connectivity index (χ3v) is 2.34. The van der Waals surface area contributed by atoms with E-state index in [1.807, 2.05) is 17.6 Å². The molecular formula is C11H17NO3. The topological polar surface area (TPSA) is 40.5 Å². The number of methoxy groups -OCH3 is 2. The van der Waals surface area contributed by atoms with Crippen molar-refractivity contribution < 1.29 is 14.3 Å². The Kier molecular flexibility index (Phi) is 4.37. The number of ether oxygens (including phenoxy) is 2. The Balaban J connectivity index is 2.90. The molecular weight excluding hydrogens is 194 g/mol. The highest BCUT2D eigenvalue weighted by Crippen LogP contribution is 2.11. The monoisotopic (exact) mass is 211 g/mol. The van der Waals surface area contributed by atoms with Gasteiger partial charge < -0.3 is 14.0 Å². The molecule has 0 saturated carbocycles. The molecule has 0 radical (unpaired) electrons. The Morgan fingerprint density at radius 2 is 2.13 bits per heavy atom. The van der Waals surface area contributed by atoms with Crippen molar-refractivity contribution in [1.29, 1.82) is 0 Å². The van der Waals surface area contributed by atoms with Gasteiger partial charge in [-0.05, 0) is 19.1 Å². The molecule has 1 aromatic heterocycles. The SMILES string of the molecule is CCn1c(CCOC)ccc1C(=O)OC. The summed E-state index contributed by atoms with van der Waals surface area (Å²) in [6.07, 6.45) is 0.807. The fraction of sp³-hybridized carbons (Fsp3) is 0.545. The van der Waals surface area contributed by atoms with E-state index in [9.17, 15) is 4.79 Å². The second kappa shape index (κ2) is 5.56. The minimum atomic E-state index is -0.291. The van der Waals surface area contributed by atoms with Crippen molar-refractivity contribution in [2.45, 2.75) is 19.9 Å². The molecule has 1 aromatic rings. The van der Waals surface area contributed by atoms with E-state index in [1.54, 1.807) is 13.2 Å². The molecule has 0 saturated heterocycles. The van der Waals surface area contributed by atoms with E-state index in [1.165, 1.54) is 7.11 Å². The molecule has 0 aliphatic heterocycles. The van der Waals surface area contributed by atoms with Gasteiger partial charge in [0.2, 0.25) is 0 Å². The van der Waals surface area contributed by atoms with Crippen LogP contribution in [0.5, 0.6) is 0 Å². The van der Waals surface area contributed by atoms with Gasteiger partial charge in [0.25, 0.3) is 0 Å². The van der Waals surface area contributed by atoms with E-state index in [0.29, 0.717) is 12.3 Å². The summed E-state index contributed by atoms with van der Waals surface area (Å²) in [5, 5.41) is 0. The Labute approximate surface area is 89.8 Å². The summed E-state index contributed by atoms with van der Waals surface area (Å²) >= 11 is 0. The number of carbonyl (C=O) groups is 1. The van der Waals surface area contributed by atoms with Gasteiger partial charge in [-0.1, -0.05) is 0 Å². The smallest absolute Gasteiger partial charge is 0.354 e. The summed E-state index contributed by atoms with van der Waals surface area (Å²) in [5.41, 5.74) is 1.70.